The van der Waals surface area contributed by atoms with Crippen LogP contribution in [0.15, 0.2) is 54.6 Å². The fourth-order valence-corrected chi connectivity index (χ4v) is 2.22. The zero-order chi connectivity index (χ0) is 17.6. The zero-order valence-corrected chi connectivity index (χ0v) is 13.2. The molecule has 0 aliphatic rings. The third-order valence-corrected chi connectivity index (χ3v) is 3.74. The first-order valence-electron chi connectivity index (χ1n) is 7.36. The second kappa shape index (κ2) is 7.59. The highest BCUT2D eigenvalue weighted by atomic mass is 19.1. The highest BCUT2D eigenvalue weighted by Crippen LogP contribution is 2.26. The molecule has 1 unspecified atom stereocenters. The summed E-state index contributed by atoms with van der Waals surface area (Å²) in [5, 5.41) is 11.9. The standard InChI is InChI=1S/C18H18FNO4/c1-18(16(21)22,14-9-5-6-10-15(14)19)12-20-17(23)24-11-13-7-3-2-4-8-13/h2-10H,11-12H2,1H3,(H,20,23)(H,21,22). The minimum absolute atomic E-state index is 0.000796. The van der Waals surface area contributed by atoms with Gasteiger partial charge in [0.2, 0.25) is 0 Å². The van der Waals surface area contributed by atoms with E-state index in [1.807, 2.05) is 18.2 Å². The number of rotatable bonds is 6. The van der Waals surface area contributed by atoms with E-state index in [9.17, 15) is 19.1 Å². The van der Waals surface area contributed by atoms with Crippen LogP contribution < -0.4 is 5.32 Å². The lowest BCUT2D eigenvalue weighted by Crippen LogP contribution is -2.45. The Hall–Kier alpha value is -2.89. The summed E-state index contributed by atoms with van der Waals surface area (Å²) in [7, 11) is 0. The normalized spacial score (nSPS) is 12.9. The number of hydrogen-bond acceptors (Lipinski definition) is 3. The lowest BCUT2D eigenvalue weighted by atomic mass is 9.82. The summed E-state index contributed by atoms with van der Waals surface area (Å²) in [4.78, 5) is 23.4. The highest BCUT2D eigenvalue weighted by molar-refractivity contribution is 5.82. The van der Waals surface area contributed by atoms with Crippen LogP contribution in [0.5, 0.6) is 0 Å². The topological polar surface area (TPSA) is 75.6 Å². The molecule has 2 N–H and O–H groups in total. The molecule has 6 heteroatoms. The van der Waals surface area contributed by atoms with Crippen LogP contribution in [0.4, 0.5) is 9.18 Å². The van der Waals surface area contributed by atoms with Gasteiger partial charge < -0.3 is 15.2 Å². The van der Waals surface area contributed by atoms with Gasteiger partial charge in [-0.3, -0.25) is 4.79 Å². The molecule has 2 aromatic rings. The van der Waals surface area contributed by atoms with Crippen LogP contribution in [0, 0.1) is 5.82 Å². The Morgan fingerprint density at radius 3 is 2.38 bits per heavy atom. The van der Waals surface area contributed by atoms with Crippen molar-refractivity contribution in [2.24, 2.45) is 0 Å². The fraction of sp³-hybridized carbons (Fsp3) is 0.222. The molecule has 0 fully saturated rings. The maximum Gasteiger partial charge on any atom is 0.407 e. The predicted molar refractivity (Wildman–Crippen MR) is 86.0 cm³/mol. The molecule has 1 atom stereocenters. The van der Waals surface area contributed by atoms with E-state index in [2.05, 4.69) is 5.32 Å². The minimum atomic E-state index is -1.60. The number of carboxylic acids is 1. The number of carbonyl (C=O) groups excluding carboxylic acids is 1. The SMILES string of the molecule is CC(CNC(=O)OCc1ccccc1)(C(=O)O)c1ccccc1F. The van der Waals surface area contributed by atoms with Crippen molar-refractivity contribution < 1.29 is 23.8 Å². The van der Waals surface area contributed by atoms with Crippen molar-refractivity contribution in [3.8, 4) is 0 Å². The Labute approximate surface area is 139 Å². The van der Waals surface area contributed by atoms with E-state index in [0.29, 0.717) is 0 Å². The van der Waals surface area contributed by atoms with Crippen molar-refractivity contribution in [3.05, 3.63) is 71.5 Å². The predicted octanol–water partition coefficient (Wildman–Crippen LogP) is 3.09. The van der Waals surface area contributed by atoms with Crippen LogP contribution in [0.3, 0.4) is 0 Å². The number of nitrogens with one attached hydrogen (secondary N) is 1. The van der Waals surface area contributed by atoms with E-state index in [1.165, 1.54) is 25.1 Å². The molecule has 0 aliphatic carbocycles. The fourth-order valence-electron chi connectivity index (χ4n) is 2.22. The van der Waals surface area contributed by atoms with Crippen molar-refractivity contribution in [1.29, 1.82) is 0 Å². The van der Waals surface area contributed by atoms with Gasteiger partial charge in [-0.25, -0.2) is 9.18 Å². The van der Waals surface area contributed by atoms with Crippen molar-refractivity contribution in [3.63, 3.8) is 0 Å². The molecular formula is C18H18FNO4. The average molecular weight is 331 g/mol. The van der Waals surface area contributed by atoms with E-state index < -0.39 is 23.3 Å². The number of carboxylic acid groups (broad SMARTS) is 1. The first kappa shape index (κ1) is 17.5. The Morgan fingerprint density at radius 1 is 1.12 bits per heavy atom. The van der Waals surface area contributed by atoms with Gasteiger partial charge in [-0.05, 0) is 18.6 Å². The van der Waals surface area contributed by atoms with E-state index >= 15 is 0 Å². The molecule has 0 saturated heterocycles. The molecule has 24 heavy (non-hydrogen) atoms. The maximum atomic E-state index is 13.9. The van der Waals surface area contributed by atoms with Crippen LogP contribution in [-0.2, 0) is 21.6 Å². The van der Waals surface area contributed by atoms with Gasteiger partial charge >= 0.3 is 12.1 Å². The minimum Gasteiger partial charge on any atom is -0.481 e. The second-order valence-electron chi connectivity index (χ2n) is 5.53. The Kier molecular flexibility index (Phi) is 5.52. The third-order valence-electron chi connectivity index (χ3n) is 3.74. The van der Waals surface area contributed by atoms with E-state index in [1.54, 1.807) is 18.2 Å². The van der Waals surface area contributed by atoms with Crippen LogP contribution >= 0.6 is 0 Å². The molecule has 0 heterocycles. The summed E-state index contributed by atoms with van der Waals surface area (Å²) in [6, 6.07) is 14.7. The smallest absolute Gasteiger partial charge is 0.407 e. The van der Waals surface area contributed by atoms with Crippen LogP contribution in [0.1, 0.15) is 18.1 Å². The van der Waals surface area contributed by atoms with Gasteiger partial charge in [-0.15, -0.1) is 0 Å². The first-order valence-corrected chi connectivity index (χ1v) is 7.36. The van der Waals surface area contributed by atoms with Gasteiger partial charge in [0.15, 0.2) is 0 Å². The highest BCUT2D eigenvalue weighted by Gasteiger charge is 2.38. The van der Waals surface area contributed by atoms with Crippen LogP contribution in [0.25, 0.3) is 0 Å². The summed E-state index contributed by atoms with van der Waals surface area (Å²) in [5.74, 6) is -1.88. The van der Waals surface area contributed by atoms with E-state index in [0.717, 1.165) is 5.56 Å². The molecule has 2 aromatic carbocycles. The largest absolute Gasteiger partial charge is 0.481 e. The Bertz CT molecular complexity index is 720. The quantitative estimate of drug-likeness (QED) is 0.853. The second-order valence-corrected chi connectivity index (χ2v) is 5.53. The van der Waals surface area contributed by atoms with E-state index in [4.69, 9.17) is 4.74 Å². The summed E-state index contributed by atoms with van der Waals surface area (Å²) in [6.07, 6.45) is -0.761. The Morgan fingerprint density at radius 2 is 1.75 bits per heavy atom. The number of carbonyl (C=O) groups is 2. The van der Waals surface area contributed by atoms with Crippen molar-refractivity contribution in [2.45, 2.75) is 18.9 Å². The average Bonchev–Trinajstić information content (AvgIpc) is 2.59. The molecule has 0 bridgehead atoms. The van der Waals surface area contributed by atoms with Gasteiger partial charge in [0.1, 0.15) is 17.8 Å². The van der Waals surface area contributed by atoms with Crippen molar-refractivity contribution >= 4 is 12.1 Å². The molecule has 0 spiro atoms. The molecule has 0 radical (unpaired) electrons. The first-order chi connectivity index (χ1) is 11.4. The zero-order valence-electron chi connectivity index (χ0n) is 13.2. The number of amides is 1. The number of hydrogen-bond donors (Lipinski definition) is 2. The van der Waals surface area contributed by atoms with E-state index in [-0.39, 0.29) is 18.7 Å². The number of benzene rings is 2. The van der Waals surface area contributed by atoms with Gasteiger partial charge in [-0.1, -0.05) is 48.5 Å². The number of alkyl carbamates (subject to hydrolysis) is 1. The number of aliphatic carboxylic acids is 1. The van der Waals surface area contributed by atoms with Crippen molar-refractivity contribution in [1.82, 2.24) is 5.32 Å². The molecule has 2 rings (SSSR count). The van der Waals surface area contributed by atoms with Gasteiger partial charge in [0.05, 0.1) is 0 Å². The van der Waals surface area contributed by atoms with Crippen molar-refractivity contribution in [2.75, 3.05) is 6.54 Å². The summed E-state index contributed by atoms with van der Waals surface area (Å²) in [5.41, 5.74) is -0.791. The summed E-state index contributed by atoms with van der Waals surface area (Å²) < 4.78 is 19.0. The van der Waals surface area contributed by atoms with Crippen LogP contribution in [0.2, 0.25) is 0 Å². The van der Waals surface area contributed by atoms with Gasteiger partial charge in [0.25, 0.3) is 0 Å². The van der Waals surface area contributed by atoms with Gasteiger partial charge in [-0.2, -0.15) is 0 Å². The lowest BCUT2D eigenvalue weighted by molar-refractivity contribution is -0.143. The van der Waals surface area contributed by atoms with Crippen LogP contribution in [-0.4, -0.2) is 23.7 Å². The van der Waals surface area contributed by atoms with Gasteiger partial charge in [0, 0.05) is 12.1 Å². The number of ether oxygens (including phenoxy) is 1. The Balaban J connectivity index is 2.00. The molecule has 0 aliphatic heterocycles. The molecule has 126 valence electrons. The number of halogens is 1. The molecule has 1 amide bonds. The molecule has 5 nitrogen and oxygen atoms in total. The monoisotopic (exact) mass is 331 g/mol. The summed E-state index contributed by atoms with van der Waals surface area (Å²) >= 11 is 0. The molecular weight excluding hydrogens is 313 g/mol. The molecule has 0 aromatic heterocycles. The third kappa shape index (κ3) is 4.10. The summed E-state index contributed by atoms with van der Waals surface area (Å²) in [6.45, 7) is 1.12. The molecule has 0 saturated carbocycles. The lowest BCUT2D eigenvalue weighted by Gasteiger charge is -2.25. The maximum absolute atomic E-state index is 13.9.